The van der Waals surface area contributed by atoms with Gasteiger partial charge in [-0.2, -0.15) is 0 Å². The first-order chi connectivity index (χ1) is 8.35. The number of carboxylic acid groups (broad SMARTS) is 1. The predicted molar refractivity (Wildman–Crippen MR) is 63.4 cm³/mol. The standard InChI is InChI=1S/C12H18N2O4/c1-8-5-14(7-12(2,3)17-8)6-9-4-10(11(15)16)13-18-9/h4,8H,5-7H2,1-3H3,(H,15,16). The zero-order valence-electron chi connectivity index (χ0n) is 10.8. The van der Waals surface area contributed by atoms with Crippen LogP contribution in [0, 0.1) is 0 Å². The molecule has 100 valence electrons. The highest BCUT2D eigenvalue weighted by atomic mass is 16.5. The van der Waals surface area contributed by atoms with Gasteiger partial charge in [-0.05, 0) is 20.8 Å². The van der Waals surface area contributed by atoms with Crippen LogP contribution < -0.4 is 0 Å². The highest BCUT2D eigenvalue weighted by Gasteiger charge is 2.31. The molecule has 0 amide bonds. The van der Waals surface area contributed by atoms with Crippen molar-refractivity contribution in [2.75, 3.05) is 13.1 Å². The summed E-state index contributed by atoms with van der Waals surface area (Å²) in [5.41, 5.74) is -0.251. The summed E-state index contributed by atoms with van der Waals surface area (Å²) >= 11 is 0. The van der Waals surface area contributed by atoms with E-state index in [2.05, 4.69) is 10.1 Å². The molecule has 0 radical (unpaired) electrons. The molecule has 0 bridgehead atoms. The number of nitrogens with zero attached hydrogens (tertiary/aromatic N) is 2. The summed E-state index contributed by atoms with van der Waals surface area (Å²) in [7, 11) is 0. The van der Waals surface area contributed by atoms with Crippen LogP contribution in [0.5, 0.6) is 0 Å². The minimum Gasteiger partial charge on any atom is -0.476 e. The number of ether oxygens (including phenoxy) is 1. The van der Waals surface area contributed by atoms with Gasteiger partial charge < -0.3 is 14.4 Å². The van der Waals surface area contributed by atoms with Gasteiger partial charge in [0.1, 0.15) is 0 Å². The highest BCUT2D eigenvalue weighted by molar-refractivity contribution is 5.85. The third kappa shape index (κ3) is 3.08. The van der Waals surface area contributed by atoms with Gasteiger partial charge in [-0.15, -0.1) is 0 Å². The van der Waals surface area contributed by atoms with E-state index in [-0.39, 0.29) is 17.4 Å². The first-order valence-electron chi connectivity index (χ1n) is 5.95. The van der Waals surface area contributed by atoms with Crippen molar-refractivity contribution in [3.63, 3.8) is 0 Å². The van der Waals surface area contributed by atoms with Crippen LogP contribution in [0.15, 0.2) is 10.6 Å². The molecule has 2 rings (SSSR count). The smallest absolute Gasteiger partial charge is 0.358 e. The summed E-state index contributed by atoms with van der Waals surface area (Å²) < 4.78 is 10.8. The summed E-state index contributed by atoms with van der Waals surface area (Å²) in [4.78, 5) is 12.9. The average molecular weight is 254 g/mol. The summed E-state index contributed by atoms with van der Waals surface area (Å²) in [6, 6.07) is 1.47. The Kier molecular flexibility index (Phi) is 3.41. The van der Waals surface area contributed by atoms with Crippen molar-refractivity contribution < 1.29 is 19.2 Å². The van der Waals surface area contributed by atoms with Crippen LogP contribution in [0.1, 0.15) is 37.0 Å². The monoisotopic (exact) mass is 254 g/mol. The van der Waals surface area contributed by atoms with Gasteiger partial charge in [-0.25, -0.2) is 4.79 Å². The van der Waals surface area contributed by atoms with Gasteiger partial charge in [0.15, 0.2) is 11.5 Å². The Bertz CT molecular complexity index is 441. The molecule has 6 heteroatoms. The molecule has 0 aromatic carbocycles. The molecule has 0 aliphatic carbocycles. The Morgan fingerprint density at radius 3 is 2.94 bits per heavy atom. The molecule has 6 nitrogen and oxygen atoms in total. The van der Waals surface area contributed by atoms with E-state index >= 15 is 0 Å². The van der Waals surface area contributed by atoms with E-state index in [1.807, 2.05) is 20.8 Å². The number of hydrogen-bond acceptors (Lipinski definition) is 5. The number of morpholine rings is 1. The number of carboxylic acids is 1. The van der Waals surface area contributed by atoms with E-state index in [4.69, 9.17) is 14.4 Å². The van der Waals surface area contributed by atoms with Crippen LogP contribution in [-0.2, 0) is 11.3 Å². The van der Waals surface area contributed by atoms with Crippen LogP contribution in [0.2, 0.25) is 0 Å². The lowest BCUT2D eigenvalue weighted by atomic mass is 10.1. The van der Waals surface area contributed by atoms with Crippen LogP contribution in [0.4, 0.5) is 0 Å². The number of rotatable bonds is 3. The number of aromatic nitrogens is 1. The molecular formula is C12H18N2O4. The van der Waals surface area contributed by atoms with Crippen molar-refractivity contribution in [3.8, 4) is 0 Å². The topological polar surface area (TPSA) is 75.8 Å². The van der Waals surface area contributed by atoms with E-state index in [9.17, 15) is 4.79 Å². The zero-order valence-corrected chi connectivity index (χ0v) is 10.8. The second-order valence-electron chi connectivity index (χ2n) is 5.34. The molecule has 1 aromatic heterocycles. The fraction of sp³-hybridized carbons (Fsp3) is 0.667. The lowest BCUT2D eigenvalue weighted by molar-refractivity contribution is -0.131. The maximum atomic E-state index is 10.7. The first kappa shape index (κ1) is 13.0. The summed E-state index contributed by atoms with van der Waals surface area (Å²) in [5.74, 6) is -0.502. The summed E-state index contributed by atoms with van der Waals surface area (Å²) in [6.45, 7) is 8.23. The lowest BCUT2D eigenvalue weighted by Gasteiger charge is -2.41. The molecule has 1 atom stereocenters. The number of hydrogen-bond donors (Lipinski definition) is 1. The highest BCUT2D eigenvalue weighted by Crippen LogP contribution is 2.22. The van der Waals surface area contributed by atoms with E-state index in [1.165, 1.54) is 6.07 Å². The minimum atomic E-state index is -1.07. The molecule has 1 fully saturated rings. The fourth-order valence-electron chi connectivity index (χ4n) is 2.41. The van der Waals surface area contributed by atoms with Gasteiger partial charge in [0, 0.05) is 19.2 Å². The summed E-state index contributed by atoms with van der Waals surface area (Å²) in [5, 5.41) is 12.3. The SMILES string of the molecule is CC1CN(Cc2cc(C(=O)O)no2)CC(C)(C)O1. The van der Waals surface area contributed by atoms with E-state index in [0.29, 0.717) is 12.3 Å². The third-order valence-corrected chi connectivity index (χ3v) is 2.80. The first-order valence-corrected chi connectivity index (χ1v) is 5.95. The largest absolute Gasteiger partial charge is 0.476 e. The van der Waals surface area contributed by atoms with E-state index < -0.39 is 5.97 Å². The Hall–Kier alpha value is -1.40. The van der Waals surface area contributed by atoms with E-state index in [1.54, 1.807) is 0 Å². The van der Waals surface area contributed by atoms with E-state index in [0.717, 1.165) is 13.1 Å². The Balaban J connectivity index is 2.02. The lowest BCUT2D eigenvalue weighted by Crippen LogP contribution is -2.51. The molecule has 0 saturated carbocycles. The van der Waals surface area contributed by atoms with Gasteiger partial charge in [-0.1, -0.05) is 5.16 Å². The van der Waals surface area contributed by atoms with Crippen molar-refractivity contribution in [1.29, 1.82) is 0 Å². The van der Waals surface area contributed by atoms with Crippen molar-refractivity contribution in [2.45, 2.75) is 39.0 Å². The molecule has 1 aromatic rings. The van der Waals surface area contributed by atoms with Gasteiger partial charge in [-0.3, -0.25) is 4.90 Å². The molecular weight excluding hydrogens is 236 g/mol. The molecule has 1 unspecified atom stereocenters. The van der Waals surface area contributed by atoms with Crippen LogP contribution in [0.25, 0.3) is 0 Å². The van der Waals surface area contributed by atoms with Gasteiger partial charge in [0.05, 0.1) is 18.2 Å². The number of carbonyl (C=O) groups is 1. The average Bonchev–Trinajstić information content (AvgIpc) is 2.62. The second kappa shape index (κ2) is 4.70. The van der Waals surface area contributed by atoms with Gasteiger partial charge >= 0.3 is 5.97 Å². The molecule has 18 heavy (non-hydrogen) atoms. The molecule has 0 spiro atoms. The zero-order chi connectivity index (χ0) is 13.3. The van der Waals surface area contributed by atoms with Crippen molar-refractivity contribution in [2.24, 2.45) is 0 Å². The van der Waals surface area contributed by atoms with Crippen molar-refractivity contribution >= 4 is 5.97 Å². The molecule has 1 N–H and O–H groups in total. The normalized spacial score (nSPS) is 24.1. The maximum absolute atomic E-state index is 10.7. The fourth-order valence-corrected chi connectivity index (χ4v) is 2.41. The Labute approximate surface area is 106 Å². The molecule has 1 saturated heterocycles. The van der Waals surface area contributed by atoms with Gasteiger partial charge in [0.2, 0.25) is 0 Å². The quantitative estimate of drug-likeness (QED) is 0.878. The van der Waals surface area contributed by atoms with Gasteiger partial charge in [0.25, 0.3) is 0 Å². The molecule has 1 aliphatic heterocycles. The second-order valence-corrected chi connectivity index (χ2v) is 5.34. The van der Waals surface area contributed by atoms with Crippen LogP contribution >= 0.6 is 0 Å². The van der Waals surface area contributed by atoms with Crippen molar-refractivity contribution in [3.05, 3.63) is 17.5 Å². The Morgan fingerprint density at radius 2 is 2.39 bits per heavy atom. The Morgan fingerprint density at radius 1 is 1.67 bits per heavy atom. The van der Waals surface area contributed by atoms with Crippen LogP contribution in [-0.4, -0.2) is 45.9 Å². The third-order valence-electron chi connectivity index (χ3n) is 2.80. The summed E-state index contributed by atoms with van der Waals surface area (Å²) in [6.07, 6.45) is 0.149. The van der Waals surface area contributed by atoms with Crippen molar-refractivity contribution in [1.82, 2.24) is 10.1 Å². The number of aromatic carboxylic acids is 1. The predicted octanol–water partition coefficient (Wildman–Crippen LogP) is 1.37. The maximum Gasteiger partial charge on any atom is 0.358 e. The molecule has 2 heterocycles. The minimum absolute atomic E-state index is 0.0504. The van der Waals surface area contributed by atoms with Crippen LogP contribution in [0.3, 0.4) is 0 Å². The molecule has 1 aliphatic rings.